The lowest BCUT2D eigenvalue weighted by Crippen LogP contribution is -2.25. The predicted molar refractivity (Wildman–Crippen MR) is 113 cm³/mol. The monoisotopic (exact) mass is 429 g/mol. The molecule has 0 saturated heterocycles. The second kappa shape index (κ2) is 10.3. The first kappa shape index (κ1) is 21.1. The minimum Gasteiger partial charge on any atom is -0.497 e. The Morgan fingerprint density at radius 2 is 1.97 bits per heavy atom. The molecule has 0 fully saturated rings. The molecule has 0 aliphatic heterocycles. The number of amides is 1. The van der Waals surface area contributed by atoms with Crippen LogP contribution >= 0.6 is 11.8 Å². The van der Waals surface area contributed by atoms with Gasteiger partial charge in [0.1, 0.15) is 11.6 Å². The Labute approximate surface area is 176 Å². The van der Waals surface area contributed by atoms with E-state index in [0.717, 1.165) is 23.1 Å². The highest BCUT2D eigenvalue weighted by atomic mass is 32.2. The van der Waals surface area contributed by atoms with Crippen LogP contribution in [0.5, 0.6) is 5.75 Å². The average Bonchev–Trinajstić information content (AvgIpc) is 3.12. The van der Waals surface area contributed by atoms with E-state index in [9.17, 15) is 9.18 Å². The van der Waals surface area contributed by atoms with E-state index in [-0.39, 0.29) is 23.4 Å². The van der Waals surface area contributed by atoms with Crippen LogP contribution in [0.3, 0.4) is 0 Å². The average molecular weight is 429 g/mol. The number of methoxy groups -OCH3 is 1. The van der Waals surface area contributed by atoms with Crippen molar-refractivity contribution >= 4 is 29.8 Å². The van der Waals surface area contributed by atoms with Crippen LogP contribution < -0.4 is 21.3 Å². The van der Waals surface area contributed by atoms with Crippen molar-refractivity contribution in [2.45, 2.75) is 11.7 Å². The molecule has 3 rings (SSSR count). The van der Waals surface area contributed by atoms with E-state index in [2.05, 4.69) is 26.0 Å². The summed E-state index contributed by atoms with van der Waals surface area (Å²) in [5, 5.41) is 15.0. The van der Waals surface area contributed by atoms with E-state index in [1.165, 1.54) is 23.0 Å². The van der Waals surface area contributed by atoms with Crippen LogP contribution in [-0.4, -0.2) is 39.9 Å². The highest BCUT2D eigenvalue weighted by Gasteiger charge is 2.12. The zero-order valence-electron chi connectivity index (χ0n) is 16.1. The lowest BCUT2D eigenvalue weighted by molar-refractivity contribution is -0.118. The van der Waals surface area contributed by atoms with Crippen LogP contribution in [0.15, 0.2) is 58.8 Å². The van der Waals surface area contributed by atoms with Crippen LogP contribution in [-0.2, 0) is 11.3 Å². The Morgan fingerprint density at radius 3 is 2.67 bits per heavy atom. The number of aromatic nitrogens is 3. The first-order valence-electron chi connectivity index (χ1n) is 8.82. The standard InChI is InChI=1S/C19H20FN7O2S/c1-29-16-8-4-13(5-9-16)10-22-17(28)12-30-19-26-25-18(27(19)21)24-23-11-14-2-6-15(20)7-3-14/h2-9,11H,10,12,21H2,1H3,(H,22,28)(H,24,25)/b23-11+. The van der Waals surface area contributed by atoms with Crippen molar-refractivity contribution in [1.82, 2.24) is 20.2 Å². The molecule has 11 heteroatoms. The highest BCUT2D eigenvalue weighted by Crippen LogP contribution is 2.16. The van der Waals surface area contributed by atoms with Gasteiger partial charge in [0.25, 0.3) is 5.95 Å². The third-order valence-electron chi connectivity index (χ3n) is 3.89. The molecular weight excluding hydrogens is 409 g/mol. The normalized spacial score (nSPS) is 10.9. The number of hydrazone groups is 1. The number of hydrogen-bond acceptors (Lipinski definition) is 8. The van der Waals surface area contributed by atoms with Crippen molar-refractivity contribution in [3.05, 3.63) is 65.5 Å². The minimum atomic E-state index is -0.323. The zero-order chi connectivity index (χ0) is 21.3. The van der Waals surface area contributed by atoms with Crippen molar-refractivity contribution < 1.29 is 13.9 Å². The van der Waals surface area contributed by atoms with E-state index < -0.39 is 0 Å². The van der Waals surface area contributed by atoms with Gasteiger partial charge < -0.3 is 15.9 Å². The SMILES string of the molecule is COc1ccc(CNC(=O)CSc2nnc(N/N=C/c3ccc(F)cc3)n2N)cc1. The molecule has 9 nitrogen and oxygen atoms in total. The van der Waals surface area contributed by atoms with Crippen LogP contribution in [0.2, 0.25) is 0 Å². The Bertz CT molecular complexity index is 1010. The Balaban J connectivity index is 1.45. The molecule has 1 amide bonds. The van der Waals surface area contributed by atoms with Crippen molar-refractivity contribution in [2.24, 2.45) is 5.10 Å². The van der Waals surface area contributed by atoms with E-state index in [1.807, 2.05) is 24.3 Å². The van der Waals surface area contributed by atoms with E-state index >= 15 is 0 Å². The van der Waals surface area contributed by atoms with Gasteiger partial charge >= 0.3 is 0 Å². The number of ether oxygens (including phenoxy) is 1. The number of nitrogens with one attached hydrogen (secondary N) is 2. The summed E-state index contributed by atoms with van der Waals surface area (Å²) < 4.78 is 19.2. The summed E-state index contributed by atoms with van der Waals surface area (Å²) in [6.45, 7) is 0.406. The largest absolute Gasteiger partial charge is 0.497 e. The van der Waals surface area contributed by atoms with Gasteiger partial charge in [-0.1, -0.05) is 36.0 Å². The molecule has 3 aromatic rings. The molecule has 0 bridgehead atoms. The molecule has 4 N–H and O–H groups in total. The quantitative estimate of drug-likeness (QED) is 0.206. The number of nitrogen functional groups attached to an aromatic ring is 1. The maximum atomic E-state index is 12.9. The van der Waals surface area contributed by atoms with Gasteiger partial charge in [-0.25, -0.2) is 14.5 Å². The number of carbonyl (C=O) groups excluding carboxylic acids is 1. The second-order valence-corrected chi connectivity index (χ2v) is 6.95. The number of benzene rings is 2. The first-order chi connectivity index (χ1) is 14.5. The molecule has 0 atom stereocenters. The van der Waals surface area contributed by atoms with Crippen LogP contribution in [0, 0.1) is 5.82 Å². The molecule has 0 radical (unpaired) electrons. The number of nitrogens with two attached hydrogens (primary N) is 1. The first-order valence-corrected chi connectivity index (χ1v) is 9.81. The summed E-state index contributed by atoms with van der Waals surface area (Å²) in [6.07, 6.45) is 1.49. The fraction of sp³-hybridized carbons (Fsp3) is 0.158. The Hall–Kier alpha value is -3.60. The summed E-state index contributed by atoms with van der Waals surface area (Å²) in [5.41, 5.74) is 4.32. The molecule has 0 saturated carbocycles. The minimum absolute atomic E-state index is 0.129. The van der Waals surface area contributed by atoms with Gasteiger partial charge in [0, 0.05) is 6.54 Å². The van der Waals surface area contributed by atoms with E-state index in [0.29, 0.717) is 17.3 Å². The molecular formula is C19H20FN7O2S. The van der Waals surface area contributed by atoms with Gasteiger partial charge in [0.2, 0.25) is 11.1 Å². The second-order valence-electron chi connectivity index (χ2n) is 6.01. The molecule has 0 aliphatic carbocycles. The van der Waals surface area contributed by atoms with Crippen molar-refractivity contribution in [2.75, 3.05) is 24.1 Å². The summed E-state index contributed by atoms with van der Waals surface area (Å²) >= 11 is 1.15. The summed E-state index contributed by atoms with van der Waals surface area (Å²) in [5.74, 6) is 6.53. The number of carbonyl (C=O) groups is 1. The lowest BCUT2D eigenvalue weighted by atomic mass is 10.2. The van der Waals surface area contributed by atoms with Gasteiger partial charge in [-0.15, -0.1) is 10.2 Å². The fourth-order valence-corrected chi connectivity index (χ4v) is 2.98. The maximum Gasteiger partial charge on any atom is 0.264 e. The van der Waals surface area contributed by atoms with Crippen molar-refractivity contribution in [1.29, 1.82) is 0 Å². The van der Waals surface area contributed by atoms with Gasteiger partial charge in [0.05, 0.1) is 19.1 Å². The fourth-order valence-electron chi connectivity index (χ4n) is 2.29. The number of halogens is 1. The summed E-state index contributed by atoms with van der Waals surface area (Å²) in [7, 11) is 1.60. The van der Waals surface area contributed by atoms with Gasteiger partial charge in [0.15, 0.2) is 0 Å². The molecule has 0 unspecified atom stereocenters. The summed E-state index contributed by atoms with van der Waals surface area (Å²) in [6, 6.07) is 13.3. The third kappa shape index (κ3) is 5.95. The number of hydrogen-bond donors (Lipinski definition) is 3. The molecule has 0 aliphatic rings. The van der Waals surface area contributed by atoms with Crippen LogP contribution in [0.1, 0.15) is 11.1 Å². The van der Waals surface area contributed by atoms with Gasteiger partial charge in [-0.3, -0.25) is 4.79 Å². The smallest absolute Gasteiger partial charge is 0.264 e. The number of anilines is 1. The Morgan fingerprint density at radius 1 is 1.23 bits per heavy atom. The number of nitrogens with zero attached hydrogens (tertiary/aromatic N) is 4. The van der Waals surface area contributed by atoms with Crippen LogP contribution in [0.4, 0.5) is 10.3 Å². The van der Waals surface area contributed by atoms with Gasteiger partial charge in [-0.2, -0.15) is 5.10 Å². The maximum absolute atomic E-state index is 12.9. The van der Waals surface area contributed by atoms with Crippen molar-refractivity contribution in [3.63, 3.8) is 0 Å². The lowest BCUT2D eigenvalue weighted by Gasteiger charge is -2.06. The number of rotatable bonds is 9. The predicted octanol–water partition coefficient (Wildman–Crippen LogP) is 1.99. The van der Waals surface area contributed by atoms with E-state index in [4.69, 9.17) is 10.6 Å². The summed E-state index contributed by atoms with van der Waals surface area (Å²) in [4.78, 5) is 12.1. The molecule has 2 aromatic carbocycles. The Kier molecular flexibility index (Phi) is 7.22. The zero-order valence-corrected chi connectivity index (χ0v) is 16.9. The molecule has 1 aromatic heterocycles. The third-order valence-corrected chi connectivity index (χ3v) is 4.84. The topological polar surface area (TPSA) is 119 Å². The highest BCUT2D eigenvalue weighted by molar-refractivity contribution is 7.99. The van der Waals surface area contributed by atoms with Crippen molar-refractivity contribution in [3.8, 4) is 5.75 Å². The molecule has 0 spiro atoms. The van der Waals surface area contributed by atoms with E-state index in [1.54, 1.807) is 19.2 Å². The molecule has 30 heavy (non-hydrogen) atoms. The number of thioether (sulfide) groups is 1. The van der Waals surface area contributed by atoms with Crippen LogP contribution in [0.25, 0.3) is 0 Å². The molecule has 156 valence electrons. The molecule has 1 heterocycles. The van der Waals surface area contributed by atoms with Gasteiger partial charge in [-0.05, 0) is 35.4 Å².